The molecule has 120 valence electrons. The van der Waals surface area contributed by atoms with Crippen LogP contribution in [0.4, 0.5) is 10.1 Å². The first-order chi connectivity index (χ1) is 11.2. The number of hydrogen-bond donors (Lipinski definition) is 1. The molecule has 1 amide bonds. The van der Waals surface area contributed by atoms with Crippen LogP contribution < -0.4 is 10.2 Å². The third-order valence-corrected chi connectivity index (χ3v) is 3.89. The molecule has 0 aliphatic carbocycles. The van der Waals surface area contributed by atoms with E-state index in [0.29, 0.717) is 12.1 Å². The van der Waals surface area contributed by atoms with Gasteiger partial charge in [0, 0.05) is 30.9 Å². The fourth-order valence-electron chi connectivity index (χ4n) is 2.65. The van der Waals surface area contributed by atoms with Crippen molar-refractivity contribution in [3.8, 4) is 0 Å². The third kappa shape index (κ3) is 3.87. The Morgan fingerprint density at radius 3 is 2.52 bits per heavy atom. The Labute approximate surface area is 134 Å². The second-order valence-corrected chi connectivity index (χ2v) is 5.42. The quantitative estimate of drug-likeness (QED) is 0.943. The van der Waals surface area contributed by atoms with E-state index in [1.54, 1.807) is 0 Å². The summed E-state index contributed by atoms with van der Waals surface area (Å²) >= 11 is 0. The number of nitrogens with one attached hydrogen (secondary N) is 1. The lowest BCUT2D eigenvalue weighted by Gasteiger charge is -2.30. The number of hydrogen-bond acceptors (Lipinski definition) is 3. The smallest absolute Gasteiger partial charge is 0.251 e. The van der Waals surface area contributed by atoms with Gasteiger partial charge in [0.2, 0.25) is 0 Å². The first kappa shape index (κ1) is 15.5. The Bertz CT molecular complexity index is 667. The molecule has 1 N–H and O–H groups in total. The summed E-state index contributed by atoms with van der Waals surface area (Å²) in [5.41, 5.74) is 2.63. The van der Waals surface area contributed by atoms with Gasteiger partial charge in [-0.15, -0.1) is 0 Å². The van der Waals surface area contributed by atoms with Crippen LogP contribution in [0.3, 0.4) is 0 Å². The van der Waals surface area contributed by atoms with Gasteiger partial charge in [0.25, 0.3) is 5.91 Å². The highest BCUT2D eigenvalue weighted by molar-refractivity contribution is 5.94. The van der Waals surface area contributed by atoms with Crippen molar-refractivity contribution in [3.05, 3.63) is 65.5 Å². The Morgan fingerprint density at radius 2 is 1.78 bits per heavy atom. The van der Waals surface area contributed by atoms with Crippen molar-refractivity contribution in [1.29, 1.82) is 0 Å². The number of rotatable bonds is 4. The molecule has 1 heterocycles. The van der Waals surface area contributed by atoms with Crippen LogP contribution >= 0.6 is 0 Å². The summed E-state index contributed by atoms with van der Waals surface area (Å²) < 4.78 is 18.3. The average molecular weight is 314 g/mol. The first-order valence-electron chi connectivity index (χ1n) is 7.68. The summed E-state index contributed by atoms with van der Waals surface area (Å²) in [6.45, 7) is 3.57. The molecular formula is C18H19FN2O2. The summed E-state index contributed by atoms with van der Waals surface area (Å²) in [4.78, 5) is 14.4. The SMILES string of the molecule is O=C(NCc1ccccc1N1CCOCC1)c1ccc(F)cc1. The van der Waals surface area contributed by atoms with Gasteiger partial charge in [-0.2, -0.15) is 0 Å². The molecule has 0 atom stereocenters. The second kappa shape index (κ2) is 7.24. The monoisotopic (exact) mass is 314 g/mol. The molecule has 0 aromatic heterocycles. The van der Waals surface area contributed by atoms with Crippen molar-refractivity contribution >= 4 is 11.6 Å². The Kier molecular flexibility index (Phi) is 4.88. The molecule has 5 heteroatoms. The van der Waals surface area contributed by atoms with Gasteiger partial charge in [0.05, 0.1) is 13.2 Å². The van der Waals surface area contributed by atoms with E-state index >= 15 is 0 Å². The van der Waals surface area contributed by atoms with Crippen LogP contribution in [0.15, 0.2) is 48.5 Å². The maximum absolute atomic E-state index is 12.9. The van der Waals surface area contributed by atoms with Gasteiger partial charge in [0.1, 0.15) is 5.82 Å². The number of benzene rings is 2. The molecular weight excluding hydrogens is 295 g/mol. The van der Waals surface area contributed by atoms with Crippen molar-refractivity contribution in [2.24, 2.45) is 0 Å². The highest BCUT2D eigenvalue weighted by Gasteiger charge is 2.15. The molecule has 0 saturated carbocycles. The lowest BCUT2D eigenvalue weighted by molar-refractivity contribution is 0.0950. The van der Waals surface area contributed by atoms with E-state index < -0.39 is 0 Å². The molecule has 4 nitrogen and oxygen atoms in total. The van der Waals surface area contributed by atoms with Crippen molar-refractivity contribution in [2.75, 3.05) is 31.2 Å². The third-order valence-electron chi connectivity index (χ3n) is 3.89. The van der Waals surface area contributed by atoms with Crippen LogP contribution in [-0.2, 0) is 11.3 Å². The zero-order chi connectivity index (χ0) is 16.1. The number of halogens is 1. The molecule has 2 aromatic carbocycles. The molecule has 0 bridgehead atoms. The van der Waals surface area contributed by atoms with E-state index in [9.17, 15) is 9.18 Å². The van der Waals surface area contributed by atoms with E-state index in [2.05, 4.69) is 16.3 Å². The largest absolute Gasteiger partial charge is 0.378 e. The van der Waals surface area contributed by atoms with E-state index in [-0.39, 0.29) is 11.7 Å². The highest BCUT2D eigenvalue weighted by atomic mass is 19.1. The minimum atomic E-state index is -0.348. The molecule has 1 fully saturated rings. The van der Waals surface area contributed by atoms with Crippen molar-refractivity contribution in [1.82, 2.24) is 5.32 Å². The number of carbonyl (C=O) groups excluding carboxylic acids is 1. The van der Waals surface area contributed by atoms with Gasteiger partial charge in [-0.25, -0.2) is 4.39 Å². The minimum absolute atomic E-state index is 0.207. The molecule has 0 radical (unpaired) electrons. The predicted molar refractivity (Wildman–Crippen MR) is 87.0 cm³/mol. The molecule has 0 spiro atoms. The predicted octanol–water partition coefficient (Wildman–Crippen LogP) is 2.59. The lowest BCUT2D eigenvalue weighted by Crippen LogP contribution is -2.37. The Balaban J connectivity index is 1.68. The molecule has 23 heavy (non-hydrogen) atoms. The highest BCUT2D eigenvalue weighted by Crippen LogP contribution is 2.21. The summed E-state index contributed by atoms with van der Waals surface area (Å²) in [5.74, 6) is -0.555. The fraction of sp³-hybridized carbons (Fsp3) is 0.278. The van der Waals surface area contributed by atoms with E-state index in [1.807, 2.05) is 18.2 Å². The standard InChI is InChI=1S/C18H19FN2O2/c19-16-7-5-14(6-8-16)18(22)20-13-15-3-1-2-4-17(15)21-9-11-23-12-10-21/h1-8H,9-13H2,(H,20,22). The van der Waals surface area contributed by atoms with E-state index in [4.69, 9.17) is 4.74 Å². The Hall–Kier alpha value is -2.40. The summed E-state index contributed by atoms with van der Waals surface area (Å²) in [7, 11) is 0. The van der Waals surface area contributed by atoms with Crippen molar-refractivity contribution < 1.29 is 13.9 Å². The van der Waals surface area contributed by atoms with E-state index in [0.717, 1.165) is 37.6 Å². The fourth-order valence-corrected chi connectivity index (χ4v) is 2.65. The van der Waals surface area contributed by atoms with Crippen molar-refractivity contribution in [3.63, 3.8) is 0 Å². The van der Waals surface area contributed by atoms with Crippen LogP contribution in [0.5, 0.6) is 0 Å². The first-order valence-corrected chi connectivity index (χ1v) is 7.68. The number of amides is 1. The van der Waals surface area contributed by atoms with Gasteiger partial charge >= 0.3 is 0 Å². The number of morpholine rings is 1. The van der Waals surface area contributed by atoms with Gasteiger partial charge in [-0.3, -0.25) is 4.79 Å². The molecule has 3 rings (SSSR count). The normalized spacial score (nSPS) is 14.6. The number of nitrogens with zero attached hydrogens (tertiary/aromatic N) is 1. The van der Waals surface area contributed by atoms with Crippen molar-refractivity contribution in [2.45, 2.75) is 6.54 Å². The second-order valence-electron chi connectivity index (χ2n) is 5.42. The molecule has 1 aliphatic rings. The molecule has 1 aliphatic heterocycles. The number of para-hydroxylation sites is 1. The van der Waals surface area contributed by atoms with Crippen LogP contribution in [0, 0.1) is 5.82 Å². The Morgan fingerprint density at radius 1 is 1.09 bits per heavy atom. The molecule has 1 saturated heterocycles. The number of anilines is 1. The number of ether oxygens (including phenoxy) is 1. The summed E-state index contributed by atoms with van der Waals surface area (Å²) in [5, 5.41) is 2.89. The van der Waals surface area contributed by atoms with Gasteiger partial charge < -0.3 is 15.0 Å². The van der Waals surface area contributed by atoms with Gasteiger partial charge in [-0.05, 0) is 35.9 Å². The van der Waals surface area contributed by atoms with E-state index in [1.165, 1.54) is 24.3 Å². The van der Waals surface area contributed by atoms with Gasteiger partial charge in [-0.1, -0.05) is 18.2 Å². The lowest BCUT2D eigenvalue weighted by atomic mass is 10.1. The maximum atomic E-state index is 12.9. The van der Waals surface area contributed by atoms with Crippen LogP contribution in [0.1, 0.15) is 15.9 Å². The topological polar surface area (TPSA) is 41.6 Å². The zero-order valence-electron chi connectivity index (χ0n) is 12.8. The maximum Gasteiger partial charge on any atom is 0.251 e. The summed E-state index contributed by atoms with van der Waals surface area (Å²) in [6.07, 6.45) is 0. The number of carbonyl (C=O) groups is 1. The zero-order valence-corrected chi connectivity index (χ0v) is 12.8. The minimum Gasteiger partial charge on any atom is -0.378 e. The average Bonchev–Trinajstić information content (AvgIpc) is 2.61. The molecule has 2 aromatic rings. The summed E-state index contributed by atoms with van der Waals surface area (Å²) in [6, 6.07) is 13.6. The van der Waals surface area contributed by atoms with Crippen LogP contribution in [0.2, 0.25) is 0 Å². The van der Waals surface area contributed by atoms with Crippen LogP contribution in [-0.4, -0.2) is 32.2 Å². The van der Waals surface area contributed by atoms with Gasteiger partial charge in [0.15, 0.2) is 0 Å². The van der Waals surface area contributed by atoms with Crippen LogP contribution in [0.25, 0.3) is 0 Å². The molecule has 0 unspecified atom stereocenters.